The predicted molar refractivity (Wildman–Crippen MR) is 103 cm³/mol. The molecule has 152 valence electrons. The summed E-state index contributed by atoms with van der Waals surface area (Å²) in [4.78, 5) is 12.6. The zero-order valence-corrected chi connectivity index (χ0v) is 16.8. The van der Waals surface area contributed by atoms with Crippen molar-refractivity contribution in [3.05, 3.63) is 58.6 Å². The van der Waals surface area contributed by atoms with E-state index in [-0.39, 0.29) is 10.7 Å². The molecule has 0 aromatic heterocycles. The molecule has 1 N–H and O–H groups in total. The lowest BCUT2D eigenvalue weighted by Crippen LogP contribution is -2.45. The highest BCUT2D eigenvalue weighted by molar-refractivity contribution is 7.92. The maximum Gasteiger partial charge on any atom is 0.418 e. The van der Waals surface area contributed by atoms with Crippen LogP contribution in [-0.4, -0.2) is 26.6 Å². The molecule has 0 aliphatic carbocycles. The third kappa shape index (κ3) is 5.17. The predicted octanol–water partition coefficient (Wildman–Crippen LogP) is 4.46. The molecular weight excluding hydrogens is 417 g/mol. The smallest absolute Gasteiger partial charge is 0.324 e. The number of rotatable bonds is 5. The molecule has 0 saturated heterocycles. The maximum atomic E-state index is 13.2. The number of aryl methyl sites for hydroxylation is 1. The number of nitrogens with one attached hydrogen (secondary N) is 1. The van der Waals surface area contributed by atoms with Gasteiger partial charge in [0.25, 0.3) is 0 Å². The van der Waals surface area contributed by atoms with Crippen molar-refractivity contribution in [2.75, 3.05) is 15.9 Å². The number of benzene rings is 2. The number of nitrogens with zero attached hydrogens (tertiary/aromatic N) is 1. The molecule has 2 rings (SSSR count). The van der Waals surface area contributed by atoms with E-state index in [9.17, 15) is 26.4 Å². The maximum absolute atomic E-state index is 13.2. The van der Waals surface area contributed by atoms with Crippen LogP contribution in [0.5, 0.6) is 0 Å². The van der Waals surface area contributed by atoms with E-state index < -0.39 is 39.4 Å². The number of anilines is 2. The van der Waals surface area contributed by atoms with Crippen molar-refractivity contribution < 1.29 is 26.4 Å². The van der Waals surface area contributed by atoms with Crippen LogP contribution in [0, 0.1) is 6.92 Å². The minimum absolute atomic E-state index is 0.143. The topological polar surface area (TPSA) is 66.5 Å². The molecule has 0 heterocycles. The second-order valence-corrected chi connectivity index (χ2v) is 8.54. The summed E-state index contributed by atoms with van der Waals surface area (Å²) < 4.78 is 65.0. The number of carbonyl (C=O) groups is 1. The van der Waals surface area contributed by atoms with Crippen LogP contribution in [-0.2, 0) is 21.0 Å². The van der Waals surface area contributed by atoms with Crippen molar-refractivity contribution in [2.45, 2.75) is 26.1 Å². The van der Waals surface area contributed by atoms with Gasteiger partial charge in [-0.15, -0.1) is 0 Å². The first-order valence-corrected chi connectivity index (χ1v) is 10.3. The summed E-state index contributed by atoms with van der Waals surface area (Å²) in [5.74, 6) is -0.918. The Balaban J connectivity index is 2.38. The van der Waals surface area contributed by atoms with Crippen molar-refractivity contribution in [3.63, 3.8) is 0 Å². The average Bonchev–Trinajstić information content (AvgIpc) is 2.56. The van der Waals surface area contributed by atoms with Crippen molar-refractivity contribution >= 4 is 38.9 Å². The van der Waals surface area contributed by atoms with Gasteiger partial charge < -0.3 is 5.32 Å². The second-order valence-electron chi connectivity index (χ2n) is 6.25. The Labute approximate surface area is 166 Å². The van der Waals surface area contributed by atoms with E-state index in [1.807, 2.05) is 6.92 Å². The van der Waals surface area contributed by atoms with Crippen molar-refractivity contribution in [1.82, 2.24) is 0 Å². The van der Waals surface area contributed by atoms with Gasteiger partial charge in [-0.05, 0) is 44.2 Å². The molecule has 0 radical (unpaired) electrons. The van der Waals surface area contributed by atoms with Crippen LogP contribution >= 0.6 is 11.6 Å². The molecule has 1 amide bonds. The van der Waals surface area contributed by atoms with Crippen LogP contribution in [0.25, 0.3) is 0 Å². The van der Waals surface area contributed by atoms with Gasteiger partial charge in [0.2, 0.25) is 15.9 Å². The van der Waals surface area contributed by atoms with E-state index in [1.54, 1.807) is 12.1 Å². The van der Waals surface area contributed by atoms with E-state index >= 15 is 0 Å². The van der Waals surface area contributed by atoms with E-state index in [0.29, 0.717) is 6.07 Å². The van der Waals surface area contributed by atoms with Gasteiger partial charge in [0, 0.05) is 5.02 Å². The second kappa shape index (κ2) is 8.00. The lowest BCUT2D eigenvalue weighted by Gasteiger charge is -2.28. The Kier molecular flexibility index (Phi) is 6.30. The zero-order valence-electron chi connectivity index (χ0n) is 15.2. The van der Waals surface area contributed by atoms with Crippen LogP contribution in [0.3, 0.4) is 0 Å². The van der Waals surface area contributed by atoms with Crippen molar-refractivity contribution in [3.8, 4) is 0 Å². The number of amides is 1. The van der Waals surface area contributed by atoms with Gasteiger partial charge in [0.1, 0.15) is 6.04 Å². The van der Waals surface area contributed by atoms with Gasteiger partial charge in [-0.25, -0.2) is 8.42 Å². The van der Waals surface area contributed by atoms with Gasteiger partial charge in [0.15, 0.2) is 0 Å². The van der Waals surface area contributed by atoms with Gasteiger partial charge in [-0.1, -0.05) is 29.3 Å². The summed E-state index contributed by atoms with van der Waals surface area (Å²) in [6, 6.07) is 7.98. The fourth-order valence-corrected chi connectivity index (χ4v) is 3.94. The molecule has 0 spiro atoms. The summed E-state index contributed by atoms with van der Waals surface area (Å²) in [6.07, 6.45) is -3.83. The van der Waals surface area contributed by atoms with Gasteiger partial charge >= 0.3 is 6.18 Å². The third-order valence-electron chi connectivity index (χ3n) is 3.92. The molecule has 1 unspecified atom stereocenters. The SMILES string of the molecule is Cc1ccc(N(C(C)C(=O)Nc2ccc(Cl)cc2C(F)(F)F)S(C)(=O)=O)cc1. The molecule has 10 heteroatoms. The highest BCUT2D eigenvalue weighted by atomic mass is 35.5. The number of carbonyl (C=O) groups excluding carboxylic acids is 1. The third-order valence-corrected chi connectivity index (χ3v) is 5.40. The van der Waals surface area contributed by atoms with Crippen molar-refractivity contribution in [2.24, 2.45) is 0 Å². The van der Waals surface area contributed by atoms with Crippen molar-refractivity contribution in [1.29, 1.82) is 0 Å². The van der Waals surface area contributed by atoms with Crippen LogP contribution in [0.4, 0.5) is 24.5 Å². The first-order valence-electron chi connectivity index (χ1n) is 8.04. The van der Waals surface area contributed by atoms with Crippen LogP contribution in [0.2, 0.25) is 5.02 Å². The first-order chi connectivity index (χ1) is 12.8. The number of alkyl halides is 3. The Hall–Kier alpha value is -2.26. The largest absolute Gasteiger partial charge is 0.418 e. The Morgan fingerprint density at radius 2 is 1.71 bits per heavy atom. The van der Waals surface area contributed by atoms with Gasteiger partial charge in [0.05, 0.1) is 23.2 Å². The highest BCUT2D eigenvalue weighted by Crippen LogP contribution is 2.36. The quantitative estimate of drug-likeness (QED) is 0.755. The Morgan fingerprint density at radius 1 is 1.14 bits per heavy atom. The number of hydrogen-bond donors (Lipinski definition) is 1. The van der Waals surface area contributed by atoms with Gasteiger partial charge in [-0.2, -0.15) is 13.2 Å². The Morgan fingerprint density at radius 3 is 2.21 bits per heavy atom. The van der Waals surface area contributed by atoms with E-state index in [1.165, 1.54) is 25.1 Å². The molecule has 2 aromatic carbocycles. The Bertz CT molecular complexity index is 977. The minimum atomic E-state index is -4.75. The standard InChI is InChI=1S/C18H18ClF3N2O3S/c1-11-4-7-14(8-5-11)24(28(3,26)27)12(2)17(25)23-16-9-6-13(19)10-15(16)18(20,21)22/h4-10,12H,1-3H3,(H,23,25). The van der Waals surface area contributed by atoms with Crippen LogP contribution in [0.15, 0.2) is 42.5 Å². The number of sulfonamides is 1. The summed E-state index contributed by atoms with van der Waals surface area (Å²) >= 11 is 5.62. The monoisotopic (exact) mass is 434 g/mol. The normalized spacial score (nSPS) is 13.1. The van der Waals surface area contributed by atoms with Crippen LogP contribution in [0.1, 0.15) is 18.1 Å². The molecular formula is C18H18ClF3N2O3S. The molecule has 1 atom stereocenters. The fourth-order valence-electron chi connectivity index (χ4n) is 2.60. The summed E-state index contributed by atoms with van der Waals surface area (Å²) in [6.45, 7) is 3.10. The molecule has 0 bridgehead atoms. The average molecular weight is 435 g/mol. The molecule has 28 heavy (non-hydrogen) atoms. The molecule has 0 aliphatic rings. The summed E-state index contributed by atoms with van der Waals surface area (Å²) in [7, 11) is -3.88. The fraction of sp³-hybridized carbons (Fsp3) is 0.278. The molecule has 0 fully saturated rings. The zero-order chi connectivity index (χ0) is 21.3. The molecule has 0 aliphatic heterocycles. The highest BCUT2D eigenvalue weighted by Gasteiger charge is 2.35. The minimum Gasteiger partial charge on any atom is -0.324 e. The van der Waals surface area contributed by atoms with E-state index in [2.05, 4.69) is 5.32 Å². The molecule has 2 aromatic rings. The molecule has 0 saturated carbocycles. The first kappa shape index (κ1) is 22.0. The lowest BCUT2D eigenvalue weighted by atomic mass is 10.1. The molecule has 5 nitrogen and oxygen atoms in total. The van der Waals surface area contributed by atoms with E-state index in [4.69, 9.17) is 11.6 Å². The lowest BCUT2D eigenvalue weighted by molar-refractivity contribution is -0.137. The van der Waals surface area contributed by atoms with Crippen LogP contribution < -0.4 is 9.62 Å². The summed E-state index contributed by atoms with van der Waals surface area (Å²) in [5.41, 5.74) is -0.527. The van der Waals surface area contributed by atoms with E-state index in [0.717, 1.165) is 22.2 Å². The summed E-state index contributed by atoms with van der Waals surface area (Å²) in [5, 5.41) is 2.01. The number of hydrogen-bond acceptors (Lipinski definition) is 3. The van der Waals surface area contributed by atoms with Gasteiger partial charge in [-0.3, -0.25) is 9.10 Å². The number of halogens is 4.